The molecule has 104 valence electrons. The van der Waals surface area contributed by atoms with Crippen molar-refractivity contribution in [2.24, 2.45) is 0 Å². The molecular formula is C14H16BrN5. The minimum Gasteiger partial charge on any atom is -0.365 e. The molecular weight excluding hydrogens is 318 g/mol. The van der Waals surface area contributed by atoms with E-state index in [1.54, 1.807) is 0 Å². The molecule has 3 N–H and O–H groups in total. The number of hydrogen-bond donors (Lipinski definition) is 3. The SMILES string of the molecule is Cc1nc(Nc2ccc(Br)cc2)cc(NC2CNC2)n1. The zero-order valence-electron chi connectivity index (χ0n) is 11.2. The van der Waals surface area contributed by atoms with Crippen molar-refractivity contribution >= 4 is 33.3 Å². The molecule has 3 rings (SSSR count). The van der Waals surface area contributed by atoms with Gasteiger partial charge in [0.05, 0.1) is 6.04 Å². The molecule has 1 aliphatic rings. The molecule has 0 radical (unpaired) electrons. The zero-order valence-corrected chi connectivity index (χ0v) is 12.7. The van der Waals surface area contributed by atoms with Crippen molar-refractivity contribution in [1.29, 1.82) is 0 Å². The Morgan fingerprint density at radius 2 is 1.85 bits per heavy atom. The maximum absolute atomic E-state index is 4.41. The van der Waals surface area contributed by atoms with Crippen molar-refractivity contribution in [2.45, 2.75) is 13.0 Å². The van der Waals surface area contributed by atoms with Crippen LogP contribution < -0.4 is 16.0 Å². The molecule has 6 heteroatoms. The van der Waals surface area contributed by atoms with Gasteiger partial charge in [-0.15, -0.1) is 0 Å². The van der Waals surface area contributed by atoms with Crippen molar-refractivity contribution in [1.82, 2.24) is 15.3 Å². The van der Waals surface area contributed by atoms with Crippen LogP contribution in [0.5, 0.6) is 0 Å². The van der Waals surface area contributed by atoms with Crippen LogP contribution in [0.2, 0.25) is 0 Å². The molecule has 1 aromatic carbocycles. The Bertz CT molecular complexity index is 595. The number of nitrogens with one attached hydrogen (secondary N) is 3. The molecule has 2 aromatic rings. The summed E-state index contributed by atoms with van der Waals surface area (Å²) in [5.74, 6) is 2.42. The summed E-state index contributed by atoms with van der Waals surface area (Å²) in [6.45, 7) is 3.87. The van der Waals surface area contributed by atoms with E-state index in [0.717, 1.165) is 40.7 Å². The van der Waals surface area contributed by atoms with Crippen LogP contribution in [0.25, 0.3) is 0 Å². The highest BCUT2D eigenvalue weighted by molar-refractivity contribution is 9.10. The maximum atomic E-state index is 4.41. The Kier molecular flexibility index (Phi) is 3.84. The largest absolute Gasteiger partial charge is 0.365 e. The highest BCUT2D eigenvalue weighted by atomic mass is 79.9. The minimum absolute atomic E-state index is 0.463. The van der Waals surface area contributed by atoms with E-state index in [0.29, 0.717) is 6.04 Å². The second-order valence-electron chi connectivity index (χ2n) is 4.82. The molecule has 2 heterocycles. The minimum atomic E-state index is 0.463. The topological polar surface area (TPSA) is 61.9 Å². The average Bonchev–Trinajstić information content (AvgIpc) is 2.36. The van der Waals surface area contributed by atoms with Gasteiger partial charge >= 0.3 is 0 Å². The smallest absolute Gasteiger partial charge is 0.136 e. The van der Waals surface area contributed by atoms with Crippen LogP contribution >= 0.6 is 15.9 Å². The van der Waals surface area contributed by atoms with Crippen LogP contribution in [0.1, 0.15) is 5.82 Å². The van der Waals surface area contributed by atoms with Gasteiger partial charge in [0.25, 0.3) is 0 Å². The number of aryl methyl sites for hydroxylation is 1. The lowest BCUT2D eigenvalue weighted by Crippen LogP contribution is -2.51. The van der Waals surface area contributed by atoms with Crippen molar-refractivity contribution in [3.05, 3.63) is 40.6 Å². The molecule has 0 amide bonds. The van der Waals surface area contributed by atoms with Gasteiger partial charge in [0.1, 0.15) is 17.5 Å². The summed E-state index contributed by atoms with van der Waals surface area (Å²) >= 11 is 3.43. The van der Waals surface area contributed by atoms with E-state index < -0.39 is 0 Å². The van der Waals surface area contributed by atoms with E-state index >= 15 is 0 Å². The number of benzene rings is 1. The summed E-state index contributed by atoms with van der Waals surface area (Å²) in [7, 11) is 0. The number of nitrogens with zero attached hydrogens (tertiary/aromatic N) is 2. The van der Waals surface area contributed by atoms with Gasteiger partial charge in [0.15, 0.2) is 0 Å². The number of anilines is 3. The number of rotatable bonds is 4. The quantitative estimate of drug-likeness (QED) is 0.802. The average molecular weight is 334 g/mol. The molecule has 0 saturated carbocycles. The van der Waals surface area contributed by atoms with Crippen LogP contribution in [0, 0.1) is 6.92 Å². The zero-order chi connectivity index (χ0) is 13.9. The molecule has 0 atom stereocenters. The van der Waals surface area contributed by atoms with E-state index in [2.05, 4.69) is 41.8 Å². The van der Waals surface area contributed by atoms with Gasteiger partial charge < -0.3 is 16.0 Å². The lowest BCUT2D eigenvalue weighted by Gasteiger charge is -2.28. The Balaban J connectivity index is 1.76. The Morgan fingerprint density at radius 3 is 2.50 bits per heavy atom. The summed E-state index contributed by atoms with van der Waals surface area (Å²) in [6, 6.07) is 10.4. The Labute approximate surface area is 126 Å². The number of aromatic nitrogens is 2. The fourth-order valence-corrected chi connectivity index (χ4v) is 2.25. The number of hydrogen-bond acceptors (Lipinski definition) is 5. The highest BCUT2D eigenvalue weighted by Gasteiger charge is 2.17. The van der Waals surface area contributed by atoms with Gasteiger partial charge in [-0.25, -0.2) is 9.97 Å². The lowest BCUT2D eigenvalue weighted by molar-refractivity contribution is 0.471. The Hall–Kier alpha value is -1.66. The summed E-state index contributed by atoms with van der Waals surface area (Å²) in [6.07, 6.45) is 0. The standard InChI is InChI=1S/C14H16BrN5/c1-9-17-13(19-11-4-2-10(15)3-5-11)6-14(18-9)20-12-7-16-8-12/h2-6,12,16H,7-8H2,1H3,(H2,17,18,19,20). The van der Waals surface area contributed by atoms with E-state index in [-0.39, 0.29) is 0 Å². The normalized spacial score (nSPS) is 14.7. The van der Waals surface area contributed by atoms with Gasteiger partial charge in [-0.3, -0.25) is 0 Å². The summed E-state index contributed by atoms with van der Waals surface area (Å²) in [5.41, 5.74) is 1.00. The summed E-state index contributed by atoms with van der Waals surface area (Å²) in [5, 5.41) is 9.92. The first-order valence-electron chi connectivity index (χ1n) is 6.54. The predicted molar refractivity (Wildman–Crippen MR) is 84.5 cm³/mol. The first-order valence-corrected chi connectivity index (χ1v) is 7.34. The molecule has 1 saturated heterocycles. The molecule has 1 aromatic heterocycles. The van der Waals surface area contributed by atoms with Crippen LogP contribution in [-0.2, 0) is 0 Å². The predicted octanol–water partition coefficient (Wildman–Crippen LogP) is 2.67. The lowest BCUT2D eigenvalue weighted by atomic mass is 10.2. The van der Waals surface area contributed by atoms with E-state index in [9.17, 15) is 0 Å². The fourth-order valence-electron chi connectivity index (χ4n) is 1.99. The number of halogens is 1. The third kappa shape index (κ3) is 3.26. The van der Waals surface area contributed by atoms with Gasteiger partial charge in [0.2, 0.25) is 0 Å². The van der Waals surface area contributed by atoms with Crippen LogP contribution in [0.3, 0.4) is 0 Å². The molecule has 5 nitrogen and oxygen atoms in total. The van der Waals surface area contributed by atoms with Crippen LogP contribution in [-0.4, -0.2) is 29.1 Å². The van der Waals surface area contributed by atoms with Gasteiger partial charge in [-0.05, 0) is 31.2 Å². The van der Waals surface area contributed by atoms with Crippen LogP contribution in [0.15, 0.2) is 34.8 Å². The third-order valence-electron chi connectivity index (χ3n) is 3.09. The first kappa shape index (κ1) is 13.3. The summed E-state index contributed by atoms with van der Waals surface area (Å²) < 4.78 is 1.06. The second kappa shape index (κ2) is 5.76. The maximum Gasteiger partial charge on any atom is 0.136 e. The Morgan fingerprint density at radius 1 is 1.15 bits per heavy atom. The van der Waals surface area contributed by atoms with Crippen molar-refractivity contribution < 1.29 is 0 Å². The summed E-state index contributed by atoms with van der Waals surface area (Å²) in [4.78, 5) is 8.83. The first-order chi connectivity index (χ1) is 9.69. The van der Waals surface area contributed by atoms with Gasteiger partial charge in [-0.2, -0.15) is 0 Å². The molecule has 0 unspecified atom stereocenters. The van der Waals surface area contributed by atoms with Crippen LogP contribution in [0.4, 0.5) is 17.3 Å². The van der Waals surface area contributed by atoms with E-state index in [1.807, 2.05) is 37.3 Å². The second-order valence-corrected chi connectivity index (χ2v) is 5.73. The molecule has 1 fully saturated rings. The van der Waals surface area contributed by atoms with Gasteiger partial charge in [0, 0.05) is 29.3 Å². The van der Waals surface area contributed by atoms with E-state index in [1.165, 1.54) is 0 Å². The molecule has 20 heavy (non-hydrogen) atoms. The van der Waals surface area contributed by atoms with Crippen molar-refractivity contribution in [2.75, 3.05) is 23.7 Å². The molecule has 0 spiro atoms. The monoisotopic (exact) mass is 333 g/mol. The van der Waals surface area contributed by atoms with Crippen molar-refractivity contribution in [3.8, 4) is 0 Å². The molecule has 0 aliphatic carbocycles. The van der Waals surface area contributed by atoms with Crippen molar-refractivity contribution in [3.63, 3.8) is 0 Å². The molecule has 1 aliphatic heterocycles. The molecule has 0 bridgehead atoms. The third-order valence-corrected chi connectivity index (χ3v) is 3.62. The fraction of sp³-hybridized carbons (Fsp3) is 0.286. The van der Waals surface area contributed by atoms with E-state index in [4.69, 9.17) is 0 Å². The highest BCUT2D eigenvalue weighted by Crippen LogP contribution is 2.20. The van der Waals surface area contributed by atoms with Gasteiger partial charge in [-0.1, -0.05) is 15.9 Å².